The molecule has 0 radical (unpaired) electrons. The van der Waals surface area contributed by atoms with Gasteiger partial charge < -0.3 is 20.3 Å². The van der Waals surface area contributed by atoms with Crippen molar-refractivity contribution in [1.82, 2.24) is 20.4 Å². The lowest BCUT2D eigenvalue weighted by molar-refractivity contribution is 0.160. The minimum Gasteiger partial charge on any atom is -0.496 e. The minimum atomic E-state index is 0.280. The van der Waals surface area contributed by atoms with Crippen LogP contribution in [-0.2, 0) is 0 Å². The number of methoxy groups -OCH3 is 1. The third-order valence-electron chi connectivity index (χ3n) is 6.62. The molecule has 0 saturated carbocycles. The number of para-hydroxylation sites is 1. The number of likely N-dealkylation sites (tertiary alicyclic amines) is 2. The van der Waals surface area contributed by atoms with Crippen LogP contribution < -0.4 is 15.4 Å². The highest BCUT2D eigenvalue weighted by Crippen LogP contribution is 2.30. The Labute approximate surface area is 183 Å². The van der Waals surface area contributed by atoms with Crippen LogP contribution in [0.5, 0.6) is 5.75 Å². The van der Waals surface area contributed by atoms with Crippen LogP contribution in [0.2, 0.25) is 0 Å². The van der Waals surface area contributed by atoms with Gasteiger partial charge in [0.15, 0.2) is 5.96 Å². The van der Waals surface area contributed by atoms with Crippen LogP contribution in [0.15, 0.2) is 29.3 Å². The van der Waals surface area contributed by atoms with Crippen molar-refractivity contribution >= 4 is 5.96 Å². The molecule has 1 unspecified atom stereocenters. The monoisotopic (exact) mass is 415 g/mol. The van der Waals surface area contributed by atoms with Gasteiger partial charge in [-0.1, -0.05) is 24.6 Å². The molecule has 2 aliphatic heterocycles. The summed E-state index contributed by atoms with van der Waals surface area (Å²) in [5, 5.41) is 7.29. The highest BCUT2D eigenvalue weighted by Gasteiger charge is 2.26. The first kappa shape index (κ1) is 22.9. The molecule has 0 aromatic heterocycles. The molecule has 0 spiro atoms. The molecule has 168 valence electrons. The van der Waals surface area contributed by atoms with Gasteiger partial charge in [-0.25, -0.2) is 0 Å². The fraction of sp³-hybridized carbons (Fsp3) is 0.708. The van der Waals surface area contributed by atoms with E-state index < -0.39 is 0 Å². The van der Waals surface area contributed by atoms with E-state index >= 15 is 0 Å². The normalized spacial score (nSPS) is 20.9. The Bertz CT molecular complexity index is 663. The zero-order valence-corrected chi connectivity index (χ0v) is 19.4. The summed E-state index contributed by atoms with van der Waals surface area (Å²) in [5.74, 6) is 1.88. The van der Waals surface area contributed by atoms with Gasteiger partial charge in [0, 0.05) is 44.3 Å². The van der Waals surface area contributed by atoms with Gasteiger partial charge in [-0.2, -0.15) is 0 Å². The van der Waals surface area contributed by atoms with Gasteiger partial charge in [-0.3, -0.25) is 9.89 Å². The molecule has 0 aliphatic carbocycles. The first-order valence-electron chi connectivity index (χ1n) is 11.7. The second-order valence-electron chi connectivity index (χ2n) is 8.86. The molecule has 1 aromatic rings. The molecule has 6 nitrogen and oxygen atoms in total. The van der Waals surface area contributed by atoms with Gasteiger partial charge in [0.05, 0.1) is 13.2 Å². The molecule has 2 saturated heterocycles. The van der Waals surface area contributed by atoms with Crippen LogP contribution in [0.1, 0.15) is 57.6 Å². The lowest BCUT2D eigenvalue weighted by Crippen LogP contribution is -2.51. The van der Waals surface area contributed by atoms with E-state index in [-0.39, 0.29) is 6.04 Å². The van der Waals surface area contributed by atoms with Crippen LogP contribution >= 0.6 is 0 Å². The van der Waals surface area contributed by atoms with Gasteiger partial charge in [-0.15, -0.1) is 0 Å². The van der Waals surface area contributed by atoms with E-state index in [9.17, 15) is 0 Å². The molecule has 2 heterocycles. The summed E-state index contributed by atoms with van der Waals surface area (Å²) in [6.07, 6.45) is 6.21. The Morgan fingerprint density at radius 3 is 2.40 bits per heavy atom. The molecule has 2 fully saturated rings. The Hall–Kier alpha value is -1.79. The predicted octanol–water partition coefficient (Wildman–Crippen LogP) is 3.26. The third-order valence-corrected chi connectivity index (χ3v) is 6.62. The Morgan fingerprint density at radius 1 is 1.07 bits per heavy atom. The molecule has 3 rings (SSSR count). The second kappa shape index (κ2) is 11.6. The SMILES string of the molecule is CN=C(NCC(c1ccccc1OC)N1CCCCC1)NC1CCN(C(C)C)CC1. The molecular weight excluding hydrogens is 374 g/mol. The lowest BCUT2D eigenvalue weighted by atomic mass is 10.0. The molecule has 1 aromatic carbocycles. The average molecular weight is 416 g/mol. The second-order valence-corrected chi connectivity index (χ2v) is 8.86. The number of piperidine rings is 2. The van der Waals surface area contributed by atoms with Crippen LogP contribution in [0.4, 0.5) is 0 Å². The molecule has 30 heavy (non-hydrogen) atoms. The zero-order chi connectivity index (χ0) is 21.3. The summed E-state index contributed by atoms with van der Waals surface area (Å²) >= 11 is 0. The number of aliphatic imine (C=N–C) groups is 1. The van der Waals surface area contributed by atoms with Crippen molar-refractivity contribution in [2.24, 2.45) is 4.99 Å². The zero-order valence-electron chi connectivity index (χ0n) is 19.4. The van der Waals surface area contributed by atoms with Crippen molar-refractivity contribution in [1.29, 1.82) is 0 Å². The van der Waals surface area contributed by atoms with E-state index in [4.69, 9.17) is 4.74 Å². The Kier molecular flexibility index (Phi) is 8.82. The van der Waals surface area contributed by atoms with E-state index in [1.807, 2.05) is 13.1 Å². The number of ether oxygens (including phenoxy) is 1. The smallest absolute Gasteiger partial charge is 0.191 e. The van der Waals surface area contributed by atoms with Crippen molar-refractivity contribution in [2.45, 2.75) is 64.1 Å². The van der Waals surface area contributed by atoms with E-state index in [0.29, 0.717) is 12.1 Å². The predicted molar refractivity (Wildman–Crippen MR) is 125 cm³/mol. The first-order chi connectivity index (χ1) is 14.6. The summed E-state index contributed by atoms with van der Waals surface area (Å²) < 4.78 is 5.70. The van der Waals surface area contributed by atoms with Gasteiger partial charge in [0.2, 0.25) is 0 Å². The quantitative estimate of drug-likeness (QED) is 0.529. The average Bonchev–Trinajstić information content (AvgIpc) is 2.79. The summed E-state index contributed by atoms with van der Waals surface area (Å²) in [4.78, 5) is 9.68. The number of hydrogen-bond acceptors (Lipinski definition) is 4. The van der Waals surface area contributed by atoms with E-state index in [2.05, 4.69) is 57.5 Å². The van der Waals surface area contributed by atoms with Gasteiger partial charge in [-0.05, 0) is 58.7 Å². The molecular formula is C24H41N5O. The third kappa shape index (κ3) is 6.11. The summed E-state index contributed by atoms with van der Waals surface area (Å²) in [6, 6.07) is 9.85. The van der Waals surface area contributed by atoms with Gasteiger partial charge >= 0.3 is 0 Å². The fourth-order valence-electron chi connectivity index (χ4n) is 4.75. The van der Waals surface area contributed by atoms with Crippen molar-refractivity contribution < 1.29 is 4.74 Å². The fourth-order valence-corrected chi connectivity index (χ4v) is 4.75. The first-order valence-corrected chi connectivity index (χ1v) is 11.7. The highest BCUT2D eigenvalue weighted by molar-refractivity contribution is 5.80. The molecule has 0 bridgehead atoms. The van der Waals surface area contributed by atoms with Crippen molar-refractivity contribution in [3.63, 3.8) is 0 Å². The molecule has 1 atom stereocenters. The number of nitrogens with one attached hydrogen (secondary N) is 2. The number of hydrogen-bond donors (Lipinski definition) is 2. The summed E-state index contributed by atoms with van der Waals surface area (Å²) in [5.41, 5.74) is 1.26. The van der Waals surface area contributed by atoms with Crippen LogP contribution in [0, 0.1) is 0 Å². The maximum absolute atomic E-state index is 5.70. The summed E-state index contributed by atoms with van der Waals surface area (Å²) in [6.45, 7) is 9.99. The standard InChI is InChI=1S/C24H41N5O/c1-19(2)28-16-12-20(13-17-28)27-24(25-3)26-18-22(29-14-8-5-9-15-29)21-10-6-7-11-23(21)30-4/h6-7,10-11,19-20,22H,5,8-9,12-18H2,1-4H3,(H2,25,26,27). The van der Waals surface area contributed by atoms with Crippen LogP contribution in [-0.4, -0.2) is 74.7 Å². The molecule has 2 N–H and O–H groups in total. The number of benzene rings is 1. The molecule has 2 aliphatic rings. The number of guanidine groups is 1. The van der Waals surface area contributed by atoms with E-state index in [1.54, 1.807) is 7.11 Å². The Morgan fingerprint density at radius 2 is 1.77 bits per heavy atom. The van der Waals surface area contributed by atoms with Gasteiger partial charge in [0.1, 0.15) is 5.75 Å². The van der Waals surface area contributed by atoms with Gasteiger partial charge in [0.25, 0.3) is 0 Å². The van der Waals surface area contributed by atoms with E-state index in [1.165, 1.54) is 37.7 Å². The Balaban J connectivity index is 1.62. The number of nitrogens with zero attached hydrogens (tertiary/aromatic N) is 3. The topological polar surface area (TPSA) is 52.1 Å². The maximum Gasteiger partial charge on any atom is 0.191 e. The van der Waals surface area contributed by atoms with E-state index in [0.717, 1.165) is 44.4 Å². The largest absolute Gasteiger partial charge is 0.496 e. The molecule has 6 heteroatoms. The van der Waals surface area contributed by atoms with Crippen molar-refractivity contribution in [3.05, 3.63) is 29.8 Å². The van der Waals surface area contributed by atoms with Crippen LogP contribution in [0.25, 0.3) is 0 Å². The highest BCUT2D eigenvalue weighted by atomic mass is 16.5. The maximum atomic E-state index is 5.70. The van der Waals surface area contributed by atoms with Crippen molar-refractivity contribution in [3.8, 4) is 5.75 Å². The minimum absolute atomic E-state index is 0.280. The number of rotatable bonds is 7. The lowest BCUT2D eigenvalue weighted by Gasteiger charge is -2.37. The molecule has 0 amide bonds. The summed E-state index contributed by atoms with van der Waals surface area (Å²) in [7, 11) is 3.64. The van der Waals surface area contributed by atoms with Crippen molar-refractivity contribution in [2.75, 3.05) is 46.9 Å². The van der Waals surface area contributed by atoms with Crippen LogP contribution in [0.3, 0.4) is 0 Å².